The van der Waals surface area contributed by atoms with Crippen molar-refractivity contribution in [3.63, 3.8) is 0 Å². The minimum Gasteiger partial charge on any atom is -0.481 e. The molecule has 1 amide bonds. The molecule has 2 N–H and O–H groups in total. The van der Waals surface area contributed by atoms with Crippen LogP contribution in [0.1, 0.15) is 78.7 Å². The number of alkyl halides is 3. The molecule has 3 aromatic rings. The number of aromatic nitrogens is 2. The van der Waals surface area contributed by atoms with Crippen molar-refractivity contribution in [2.45, 2.75) is 84.6 Å². The molecule has 1 aliphatic rings. The van der Waals surface area contributed by atoms with E-state index in [1.807, 2.05) is 45.9 Å². The van der Waals surface area contributed by atoms with Crippen molar-refractivity contribution >= 4 is 11.9 Å². The number of pyridine rings is 2. The van der Waals surface area contributed by atoms with E-state index < -0.39 is 47.7 Å². The molecular weight excluding hydrogens is 613 g/mol. The molecule has 9 nitrogen and oxygen atoms in total. The molecule has 4 rings (SSSR count). The second-order valence-corrected chi connectivity index (χ2v) is 13.1. The third-order valence-electron chi connectivity index (χ3n) is 8.68. The lowest BCUT2D eigenvalue weighted by Crippen LogP contribution is -2.41. The van der Waals surface area contributed by atoms with Crippen LogP contribution in [-0.2, 0) is 35.2 Å². The molecule has 2 aromatic heterocycles. The highest BCUT2D eigenvalue weighted by Crippen LogP contribution is 2.34. The third-order valence-corrected chi connectivity index (χ3v) is 8.68. The predicted molar refractivity (Wildman–Crippen MR) is 174 cm³/mol. The number of carboxylic acids is 1. The Morgan fingerprint density at radius 3 is 2.32 bits per heavy atom. The van der Waals surface area contributed by atoms with Gasteiger partial charge in [0.1, 0.15) is 6.04 Å². The summed E-state index contributed by atoms with van der Waals surface area (Å²) < 4.78 is 44.5. The number of aliphatic carboxylic acids is 1. The average molecular weight is 657 g/mol. The lowest BCUT2D eigenvalue weighted by Gasteiger charge is -2.27. The molecule has 0 spiro atoms. The van der Waals surface area contributed by atoms with Crippen molar-refractivity contribution in [1.82, 2.24) is 19.4 Å². The summed E-state index contributed by atoms with van der Waals surface area (Å²) >= 11 is 0. The summed E-state index contributed by atoms with van der Waals surface area (Å²) in [5.41, 5.74) is 1.66. The van der Waals surface area contributed by atoms with Gasteiger partial charge in [-0.1, -0.05) is 32.0 Å². The van der Waals surface area contributed by atoms with E-state index >= 15 is 0 Å². The maximum absolute atomic E-state index is 14.1. The Balaban J connectivity index is 1.84. The highest BCUT2D eigenvalue weighted by molar-refractivity contribution is 5.82. The van der Waals surface area contributed by atoms with Gasteiger partial charge in [-0.25, -0.2) is 0 Å². The fourth-order valence-electron chi connectivity index (χ4n) is 6.48. The molecule has 0 bridgehead atoms. The topological polar surface area (TPSA) is 114 Å². The fourth-order valence-corrected chi connectivity index (χ4v) is 6.48. The third kappa shape index (κ3) is 8.04. The van der Waals surface area contributed by atoms with E-state index in [-0.39, 0.29) is 36.4 Å². The summed E-state index contributed by atoms with van der Waals surface area (Å²) in [6.07, 6.45) is -2.87. The molecular formula is C35H43F3N4O5. The quantitative estimate of drug-likeness (QED) is 0.274. The summed E-state index contributed by atoms with van der Waals surface area (Å²) in [7, 11) is 3.45. The molecule has 0 unspecified atom stereocenters. The second kappa shape index (κ2) is 14.3. The highest BCUT2D eigenvalue weighted by Gasteiger charge is 2.36. The van der Waals surface area contributed by atoms with Crippen molar-refractivity contribution < 1.29 is 27.9 Å². The van der Waals surface area contributed by atoms with E-state index in [1.165, 1.54) is 0 Å². The predicted octanol–water partition coefficient (Wildman–Crippen LogP) is 5.28. The summed E-state index contributed by atoms with van der Waals surface area (Å²) in [4.78, 5) is 55.0. The van der Waals surface area contributed by atoms with Crippen LogP contribution < -0.4 is 16.4 Å². The molecule has 0 aliphatic carbocycles. The number of nitrogens with one attached hydrogen (secondary N) is 1. The van der Waals surface area contributed by atoms with Gasteiger partial charge < -0.3 is 24.5 Å². The first-order valence-corrected chi connectivity index (χ1v) is 15.8. The maximum Gasteiger partial charge on any atom is 0.416 e. The first-order valence-electron chi connectivity index (χ1n) is 15.8. The van der Waals surface area contributed by atoms with Crippen molar-refractivity contribution in [3.8, 4) is 11.1 Å². The van der Waals surface area contributed by atoms with E-state index in [0.29, 0.717) is 42.3 Å². The zero-order valence-electron chi connectivity index (χ0n) is 27.7. The number of fused-ring (bicyclic) bond motifs is 1. The van der Waals surface area contributed by atoms with Gasteiger partial charge in [0, 0.05) is 36.6 Å². The van der Waals surface area contributed by atoms with Crippen LogP contribution in [0.25, 0.3) is 11.1 Å². The molecule has 0 saturated carbocycles. The van der Waals surface area contributed by atoms with Gasteiger partial charge in [0.25, 0.3) is 11.1 Å². The Labute approximate surface area is 272 Å². The molecule has 2 atom stereocenters. The van der Waals surface area contributed by atoms with E-state index in [1.54, 1.807) is 29.6 Å². The van der Waals surface area contributed by atoms with E-state index in [9.17, 15) is 37.5 Å². The molecule has 47 heavy (non-hydrogen) atoms. The van der Waals surface area contributed by atoms with Crippen molar-refractivity contribution in [2.75, 3.05) is 20.6 Å². The Morgan fingerprint density at radius 2 is 1.74 bits per heavy atom. The number of rotatable bonds is 12. The largest absolute Gasteiger partial charge is 0.481 e. The number of hydrogen-bond donors (Lipinski definition) is 2. The molecule has 1 aliphatic heterocycles. The van der Waals surface area contributed by atoms with Crippen LogP contribution in [0, 0.1) is 19.8 Å². The lowest BCUT2D eigenvalue weighted by atomic mass is 9.92. The maximum atomic E-state index is 14.1. The van der Waals surface area contributed by atoms with Gasteiger partial charge in [-0.2, -0.15) is 13.2 Å². The first-order chi connectivity index (χ1) is 22.0. The van der Waals surface area contributed by atoms with Crippen LogP contribution in [0.3, 0.4) is 0 Å². The molecule has 12 heteroatoms. The van der Waals surface area contributed by atoms with Gasteiger partial charge in [-0.15, -0.1) is 0 Å². The van der Waals surface area contributed by atoms with Crippen LogP contribution in [0.2, 0.25) is 0 Å². The number of carboxylic acid groups (broad SMARTS) is 1. The fraction of sp³-hybridized carbons (Fsp3) is 0.486. The van der Waals surface area contributed by atoms with Gasteiger partial charge >= 0.3 is 12.1 Å². The minimum atomic E-state index is -4.76. The number of carbonyl (C=O) groups is 2. The number of nitrogens with zero attached hydrogens (tertiary/aromatic N) is 3. The van der Waals surface area contributed by atoms with E-state index in [0.717, 1.165) is 27.5 Å². The van der Waals surface area contributed by atoms with Crippen molar-refractivity contribution in [1.29, 1.82) is 0 Å². The molecule has 3 heterocycles. The summed E-state index contributed by atoms with van der Waals surface area (Å²) in [5.74, 6) is -2.02. The van der Waals surface area contributed by atoms with Crippen LogP contribution in [0.5, 0.6) is 0 Å². The minimum absolute atomic E-state index is 0.00815. The van der Waals surface area contributed by atoms with Crippen molar-refractivity contribution in [2.24, 2.45) is 5.92 Å². The zero-order valence-corrected chi connectivity index (χ0v) is 27.7. The summed E-state index contributed by atoms with van der Waals surface area (Å²) in [5, 5.41) is 12.8. The number of likely N-dealkylation sites (N-methyl/N-ethyl adjacent to an activating group) is 1. The standard InChI is InChI=1S/C35H43F3N4O5/c1-20(2)15-29(42-19-23(12-14-40(5)6)26(17-30(42)43)35(36,37)38)33(46)39-27(18-31(44)45)24-16-25(32-21(3)9-7-10-22(32)4)34(47)41-13-8-11-28(24)41/h7,9-10,16-17,19-20,27,29H,8,11-15,18H2,1-6H3,(H,39,46)(H,44,45)/t27-,29+/m0/s1. The number of hydrogen-bond acceptors (Lipinski definition) is 5. The summed E-state index contributed by atoms with van der Waals surface area (Å²) in [6.45, 7) is 8.15. The molecule has 1 aromatic carbocycles. The number of halogens is 3. The molecule has 254 valence electrons. The van der Waals surface area contributed by atoms with Gasteiger partial charge in [-0.05, 0) is 93.4 Å². The number of aryl methyl sites for hydroxylation is 2. The Hall–Kier alpha value is -4.19. The Kier molecular flexibility index (Phi) is 10.8. The first kappa shape index (κ1) is 35.7. The number of benzene rings is 1. The number of carbonyl (C=O) groups excluding carboxylic acids is 1. The van der Waals surface area contributed by atoms with Crippen LogP contribution in [0.4, 0.5) is 13.2 Å². The van der Waals surface area contributed by atoms with E-state index in [4.69, 9.17) is 0 Å². The monoisotopic (exact) mass is 656 g/mol. The summed E-state index contributed by atoms with van der Waals surface area (Å²) in [6, 6.07) is 5.59. The second-order valence-electron chi connectivity index (χ2n) is 13.1. The normalized spacial score (nSPS) is 14.4. The SMILES string of the molecule is Cc1cccc(C)c1-c1cc([C@H](CC(=O)O)NC(=O)[C@@H](CC(C)C)n2cc(CCN(C)C)c(C(F)(F)F)cc2=O)c2n(c1=O)CCC2. The van der Waals surface area contributed by atoms with Crippen LogP contribution in [0.15, 0.2) is 46.1 Å². The smallest absolute Gasteiger partial charge is 0.416 e. The molecule has 0 fully saturated rings. The number of amides is 1. The average Bonchev–Trinajstić information content (AvgIpc) is 3.45. The zero-order chi connectivity index (χ0) is 34.8. The van der Waals surface area contributed by atoms with Crippen molar-refractivity contribution in [3.05, 3.63) is 90.7 Å². The van der Waals surface area contributed by atoms with Crippen LogP contribution in [-0.4, -0.2) is 51.7 Å². The van der Waals surface area contributed by atoms with Gasteiger partial charge in [0.05, 0.1) is 18.0 Å². The molecule has 0 saturated heterocycles. The van der Waals surface area contributed by atoms with Gasteiger partial charge in [0.15, 0.2) is 0 Å². The highest BCUT2D eigenvalue weighted by atomic mass is 19.4. The Morgan fingerprint density at radius 1 is 1.09 bits per heavy atom. The lowest BCUT2D eigenvalue weighted by molar-refractivity contribution is -0.139. The Bertz CT molecular complexity index is 1750. The van der Waals surface area contributed by atoms with Crippen LogP contribution >= 0.6 is 0 Å². The van der Waals surface area contributed by atoms with E-state index in [2.05, 4.69) is 5.32 Å². The molecule has 0 radical (unpaired) electrons. The van der Waals surface area contributed by atoms with Gasteiger partial charge in [-0.3, -0.25) is 19.2 Å². The van der Waals surface area contributed by atoms with Gasteiger partial charge in [0.2, 0.25) is 5.91 Å².